The second kappa shape index (κ2) is 2.78. The molecule has 0 saturated carbocycles. The highest BCUT2D eigenvalue weighted by Crippen LogP contribution is 2.16. The first kappa shape index (κ1) is 7.60. The van der Waals surface area contributed by atoms with Crippen molar-refractivity contribution in [3.05, 3.63) is 30.3 Å². The number of rotatable bonds is 1. The summed E-state index contributed by atoms with van der Waals surface area (Å²) in [5, 5.41) is 21.4. The van der Waals surface area contributed by atoms with Crippen LogP contribution < -0.4 is 0 Å². The van der Waals surface area contributed by atoms with Gasteiger partial charge in [-0.05, 0) is 4.85 Å². The van der Waals surface area contributed by atoms with E-state index in [1.807, 2.05) is 18.2 Å². The molecule has 13 heavy (non-hydrogen) atoms. The van der Waals surface area contributed by atoms with E-state index in [9.17, 15) is 0 Å². The summed E-state index contributed by atoms with van der Waals surface area (Å²) in [5.74, 6) is 0.292. The Morgan fingerprint density at radius 1 is 1.15 bits per heavy atom. The Labute approximate surface area is 73.9 Å². The van der Waals surface area contributed by atoms with Gasteiger partial charge in [-0.25, -0.2) is 0 Å². The maximum atomic E-state index is 8.94. The molecule has 5 heteroatoms. The number of hydrogen-bond donors (Lipinski definition) is 2. The normalized spacial score (nSPS) is 10.2. The fourth-order valence-electron chi connectivity index (χ4n) is 1.01. The van der Waals surface area contributed by atoms with E-state index >= 15 is 0 Å². The molecule has 0 fully saturated rings. The van der Waals surface area contributed by atoms with Crippen LogP contribution in [0.25, 0.3) is 11.4 Å². The van der Waals surface area contributed by atoms with Crippen molar-refractivity contribution in [1.82, 2.24) is 14.9 Å². The highest BCUT2D eigenvalue weighted by Gasteiger charge is 2.07. The van der Waals surface area contributed by atoms with Gasteiger partial charge in [-0.15, -0.1) is 5.10 Å². The largest absolute Gasteiger partial charge is 0.477 e. The Morgan fingerprint density at radius 3 is 2.38 bits per heavy atom. The third-order valence-corrected chi connectivity index (χ3v) is 1.61. The van der Waals surface area contributed by atoms with Gasteiger partial charge in [-0.2, -0.15) is 4.98 Å². The molecule has 2 N–H and O–H groups in total. The Hall–Kier alpha value is -2.04. The predicted molar refractivity (Wildman–Crippen MR) is 44.3 cm³/mol. The average molecular weight is 177 g/mol. The smallest absolute Gasteiger partial charge is 0.348 e. The Balaban J connectivity index is 2.48. The monoisotopic (exact) mass is 177 g/mol. The minimum atomic E-state index is -0.515. The number of benzene rings is 1. The van der Waals surface area contributed by atoms with Gasteiger partial charge >= 0.3 is 6.01 Å². The molecular formula is C8H7N3O2. The second-order valence-electron chi connectivity index (χ2n) is 2.49. The van der Waals surface area contributed by atoms with Crippen LogP contribution in [0.3, 0.4) is 0 Å². The fraction of sp³-hybridized carbons (Fsp3) is 0. The van der Waals surface area contributed by atoms with Gasteiger partial charge in [-0.1, -0.05) is 30.3 Å². The molecular weight excluding hydrogens is 170 g/mol. The van der Waals surface area contributed by atoms with Crippen molar-refractivity contribution in [1.29, 1.82) is 0 Å². The van der Waals surface area contributed by atoms with Gasteiger partial charge in [0.05, 0.1) is 0 Å². The maximum Gasteiger partial charge on any atom is 0.348 e. The molecule has 2 rings (SSSR count). The van der Waals surface area contributed by atoms with Crippen molar-refractivity contribution in [2.75, 3.05) is 0 Å². The van der Waals surface area contributed by atoms with E-state index < -0.39 is 6.01 Å². The number of hydrogen-bond acceptors (Lipinski definition) is 4. The molecule has 1 aromatic carbocycles. The summed E-state index contributed by atoms with van der Waals surface area (Å²) in [5.41, 5.74) is 0.741. The van der Waals surface area contributed by atoms with Crippen molar-refractivity contribution in [3.8, 4) is 17.4 Å². The minimum absolute atomic E-state index is 0.292. The van der Waals surface area contributed by atoms with Gasteiger partial charge in [0.25, 0.3) is 0 Å². The molecule has 2 aromatic rings. The van der Waals surface area contributed by atoms with Crippen LogP contribution in [0, 0.1) is 0 Å². The highest BCUT2D eigenvalue weighted by molar-refractivity contribution is 5.54. The van der Waals surface area contributed by atoms with Gasteiger partial charge < -0.3 is 10.3 Å². The molecule has 0 amide bonds. The van der Waals surface area contributed by atoms with Crippen LogP contribution in [0.15, 0.2) is 30.3 Å². The zero-order valence-corrected chi connectivity index (χ0v) is 6.62. The Bertz CT molecular complexity index is 391. The zero-order chi connectivity index (χ0) is 9.26. The van der Waals surface area contributed by atoms with Gasteiger partial charge in [0, 0.05) is 5.56 Å². The average Bonchev–Trinajstić information content (AvgIpc) is 2.49. The zero-order valence-electron chi connectivity index (χ0n) is 6.62. The molecule has 0 aliphatic rings. The fourth-order valence-corrected chi connectivity index (χ4v) is 1.01. The summed E-state index contributed by atoms with van der Waals surface area (Å²) in [6, 6.07) is 8.57. The molecule has 0 atom stereocenters. The van der Waals surface area contributed by atoms with E-state index in [2.05, 4.69) is 10.1 Å². The summed E-state index contributed by atoms with van der Waals surface area (Å²) in [6.45, 7) is 0. The van der Waals surface area contributed by atoms with Crippen LogP contribution in [0.1, 0.15) is 0 Å². The van der Waals surface area contributed by atoms with Crippen LogP contribution in [0.4, 0.5) is 0 Å². The molecule has 0 spiro atoms. The summed E-state index contributed by atoms with van der Waals surface area (Å²) >= 11 is 0. The SMILES string of the molecule is Oc1nc(-c2ccccc2)nn1O. The maximum absolute atomic E-state index is 8.94. The molecule has 0 aliphatic carbocycles. The first-order chi connectivity index (χ1) is 6.27. The first-order valence-corrected chi connectivity index (χ1v) is 3.68. The standard InChI is InChI=1S/C8H7N3O2/c12-8-9-7(10-11(8)13)6-4-2-1-3-5-6/h1-5,13H,(H,9,10,12). The van der Waals surface area contributed by atoms with E-state index in [0.717, 1.165) is 5.56 Å². The lowest BCUT2D eigenvalue weighted by atomic mass is 10.2. The lowest BCUT2D eigenvalue weighted by Gasteiger charge is -1.90. The van der Waals surface area contributed by atoms with Crippen LogP contribution in [0.2, 0.25) is 0 Å². The molecule has 0 saturated heterocycles. The lowest BCUT2D eigenvalue weighted by Crippen LogP contribution is -1.90. The number of nitrogens with zero attached hydrogens (tertiary/aromatic N) is 3. The van der Waals surface area contributed by atoms with Crippen LogP contribution in [-0.2, 0) is 0 Å². The van der Waals surface area contributed by atoms with Crippen LogP contribution >= 0.6 is 0 Å². The van der Waals surface area contributed by atoms with E-state index in [1.165, 1.54) is 0 Å². The quantitative estimate of drug-likeness (QED) is 0.634. The van der Waals surface area contributed by atoms with Crippen molar-refractivity contribution in [3.63, 3.8) is 0 Å². The van der Waals surface area contributed by atoms with Crippen molar-refractivity contribution in [2.45, 2.75) is 0 Å². The lowest BCUT2D eigenvalue weighted by molar-refractivity contribution is 0.119. The predicted octanol–water partition coefficient (Wildman–Crippen LogP) is 0.888. The second-order valence-corrected chi connectivity index (χ2v) is 2.49. The number of aromatic nitrogens is 3. The topological polar surface area (TPSA) is 71.2 Å². The minimum Gasteiger partial charge on any atom is -0.477 e. The summed E-state index contributed by atoms with van der Waals surface area (Å²) in [6.07, 6.45) is 0. The molecule has 66 valence electrons. The third-order valence-electron chi connectivity index (χ3n) is 1.61. The molecule has 5 nitrogen and oxygen atoms in total. The summed E-state index contributed by atoms with van der Waals surface area (Å²) < 4.78 is 0. The highest BCUT2D eigenvalue weighted by atomic mass is 16.5. The molecule has 0 unspecified atom stereocenters. The van der Waals surface area contributed by atoms with E-state index in [0.29, 0.717) is 10.7 Å². The third kappa shape index (κ3) is 1.31. The Kier molecular flexibility index (Phi) is 1.63. The van der Waals surface area contributed by atoms with E-state index in [-0.39, 0.29) is 0 Å². The van der Waals surface area contributed by atoms with Crippen molar-refractivity contribution in [2.24, 2.45) is 0 Å². The van der Waals surface area contributed by atoms with Gasteiger partial charge in [0.1, 0.15) is 0 Å². The molecule has 0 radical (unpaired) electrons. The molecule has 0 bridgehead atoms. The molecule has 1 heterocycles. The molecule has 0 aliphatic heterocycles. The van der Waals surface area contributed by atoms with Gasteiger partial charge in [-0.3, -0.25) is 0 Å². The van der Waals surface area contributed by atoms with Gasteiger partial charge in [0.15, 0.2) is 5.82 Å². The van der Waals surface area contributed by atoms with Crippen molar-refractivity contribution >= 4 is 0 Å². The van der Waals surface area contributed by atoms with E-state index in [4.69, 9.17) is 10.3 Å². The first-order valence-electron chi connectivity index (χ1n) is 3.68. The number of aromatic hydroxyl groups is 1. The Morgan fingerprint density at radius 2 is 1.85 bits per heavy atom. The van der Waals surface area contributed by atoms with Crippen molar-refractivity contribution < 1.29 is 10.3 Å². The molecule has 1 aromatic heterocycles. The van der Waals surface area contributed by atoms with E-state index in [1.54, 1.807) is 12.1 Å². The summed E-state index contributed by atoms with van der Waals surface area (Å²) in [7, 11) is 0. The van der Waals surface area contributed by atoms with Gasteiger partial charge in [0.2, 0.25) is 0 Å². The summed E-state index contributed by atoms with van der Waals surface area (Å²) in [4.78, 5) is 3.97. The van der Waals surface area contributed by atoms with Crippen LogP contribution in [0.5, 0.6) is 6.01 Å². The van der Waals surface area contributed by atoms with Crippen LogP contribution in [-0.4, -0.2) is 25.2 Å².